The second-order valence-electron chi connectivity index (χ2n) is 7.71. The Labute approximate surface area is 174 Å². The van der Waals surface area contributed by atoms with Gasteiger partial charge in [-0.05, 0) is 56.9 Å². The molecule has 1 aliphatic heterocycles. The molecule has 30 heavy (non-hydrogen) atoms. The largest absolute Gasteiger partial charge is 0.354 e. The number of anilines is 2. The molecular weight excluding hydrogens is 386 g/mol. The highest BCUT2D eigenvalue weighted by atomic mass is 19.1. The first kappa shape index (κ1) is 20.2. The number of rotatable bonds is 4. The standard InChI is InChI=1S/C23H24F2N4O/c1-3-18-6-4-5-9-29(18)23(30)20-13-26-22-19(8-7-14(2)27-22)21(20)28-17-11-15(24)10-16(25)12-17/h7-8,10-13,18H,3-6,9H2,1-2H3,(H,26,27,28)/t18-/m0/s1. The molecule has 1 aliphatic rings. The van der Waals surface area contributed by atoms with E-state index in [2.05, 4.69) is 22.2 Å². The minimum Gasteiger partial charge on any atom is -0.354 e. The number of fused-ring (bicyclic) bond motifs is 1. The third-order valence-electron chi connectivity index (χ3n) is 5.59. The van der Waals surface area contributed by atoms with Crippen LogP contribution in [-0.4, -0.2) is 33.4 Å². The van der Waals surface area contributed by atoms with Gasteiger partial charge in [0.05, 0.1) is 11.3 Å². The van der Waals surface area contributed by atoms with Gasteiger partial charge in [-0.15, -0.1) is 0 Å². The van der Waals surface area contributed by atoms with Crippen LogP contribution in [0.5, 0.6) is 0 Å². The molecule has 1 fully saturated rings. The third kappa shape index (κ3) is 3.97. The smallest absolute Gasteiger partial charge is 0.257 e. The Morgan fingerprint density at radius 1 is 1.20 bits per heavy atom. The van der Waals surface area contributed by atoms with Crippen molar-refractivity contribution in [2.24, 2.45) is 0 Å². The molecule has 0 radical (unpaired) electrons. The molecule has 1 amide bonds. The van der Waals surface area contributed by atoms with Crippen LogP contribution < -0.4 is 5.32 Å². The van der Waals surface area contributed by atoms with Crippen molar-refractivity contribution in [1.82, 2.24) is 14.9 Å². The predicted octanol–water partition coefficient (Wildman–Crippen LogP) is 5.36. The number of carbonyl (C=O) groups excluding carboxylic acids is 1. The maximum Gasteiger partial charge on any atom is 0.257 e. The summed E-state index contributed by atoms with van der Waals surface area (Å²) >= 11 is 0. The summed E-state index contributed by atoms with van der Waals surface area (Å²) in [5.41, 5.74) is 2.32. The van der Waals surface area contributed by atoms with Gasteiger partial charge in [-0.25, -0.2) is 18.7 Å². The highest BCUT2D eigenvalue weighted by molar-refractivity contribution is 6.07. The van der Waals surface area contributed by atoms with Crippen molar-refractivity contribution in [2.45, 2.75) is 45.6 Å². The van der Waals surface area contributed by atoms with E-state index < -0.39 is 11.6 Å². The van der Waals surface area contributed by atoms with Crippen LogP contribution in [0.3, 0.4) is 0 Å². The van der Waals surface area contributed by atoms with Crippen molar-refractivity contribution in [3.8, 4) is 0 Å². The number of hydrogen-bond donors (Lipinski definition) is 1. The molecule has 4 rings (SSSR count). The summed E-state index contributed by atoms with van der Waals surface area (Å²) in [6.45, 7) is 4.63. The van der Waals surface area contributed by atoms with Gasteiger partial charge in [0.2, 0.25) is 0 Å². The van der Waals surface area contributed by atoms with E-state index in [1.54, 1.807) is 0 Å². The molecular formula is C23H24F2N4O. The van der Waals surface area contributed by atoms with Crippen molar-refractivity contribution in [3.63, 3.8) is 0 Å². The normalized spacial score (nSPS) is 16.7. The molecule has 1 N–H and O–H groups in total. The van der Waals surface area contributed by atoms with Crippen LogP contribution in [0, 0.1) is 18.6 Å². The lowest BCUT2D eigenvalue weighted by Crippen LogP contribution is -2.43. The highest BCUT2D eigenvalue weighted by Gasteiger charge is 2.29. The molecule has 0 spiro atoms. The molecule has 3 aromatic rings. The lowest BCUT2D eigenvalue weighted by molar-refractivity contribution is 0.0609. The topological polar surface area (TPSA) is 58.1 Å². The number of benzene rings is 1. The van der Waals surface area contributed by atoms with Crippen molar-refractivity contribution in [1.29, 1.82) is 0 Å². The summed E-state index contributed by atoms with van der Waals surface area (Å²) in [5.74, 6) is -1.52. The number of amides is 1. The van der Waals surface area contributed by atoms with Crippen LogP contribution in [0.2, 0.25) is 0 Å². The quantitative estimate of drug-likeness (QED) is 0.629. The molecule has 156 valence electrons. The monoisotopic (exact) mass is 410 g/mol. The number of aryl methyl sites for hydroxylation is 1. The van der Waals surface area contributed by atoms with E-state index in [1.165, 1.54) is 18.3 Å². The number of pyridine rings is 2. The zero-order chi connectivity index (χ0) is 21.3. The molecule has 0 aliphatic carbocycles. The summed E-state index contributed by atoms with van der Waals surface area (Å²) in [5, 5.41) is 3.69. The number of nitrogens with one attached hydrogen (secondary N) is 1. The summed E-state index contributed by atoms with van der Waals surface area (Å²) in [6.07, 6.45) is 5.43. The van der Waals surface area contributed by atoms with Gasteiger partial charge in [0.25, 0.3) is 5.91 Å². The highest BCUT2D eigenvalue weighted by Crippen LogP contribution is 2.32. The van der Waals surface area contributed by atoms with Gasteiger partial charge in [0.1, 0.15) is 11.6 Å². The summed E-state index contributed by atoms with van der Waals surface area (Å²) < 4.78 is 27.5. The Morgan fingerprint density at radius 2 is 1.97 bits per heavy atom. The van der Waals surface area contributed by atoms with E-state index >= 15 is 0 Å². The summed E-state index contributed by atoms with van der Waals surface area (Å²) in [4.78, 5) is 24.2. The van der Waals surface area contributed by atoms with Gasteiger partial charge in [0, 0.05) is 41.6 Å². The SMILES string of the molecule is CC[C@H]1CCCCN1C(=O)c1cnc2nc(C)ccc2c1Nc1cc(F)cc(F)c1. The van der Waals surface area contributed by atoms with Gasteiger partial charge in [-0.2, -0.15) is 0 Å². The molecule has 7 heteroatoms. The minimum atomic E-state index is -0.695. The van der Waals surface area contributed by atoms with Crippen LogP contribution in [0.15, 0.2) is 36.5 Å². The fraction of sp³-hybridized carbons (Fsp3) is 0.348. The Morgan fingerprint density at radius 3 is 2.70 bits per heavy atom. The first-order valence-electron chi connectivity index (χ1n) is 10.3. The Bertz CT molecular complexity index is 1080. The van der Waals surface area contributed by atoms with Gasteiger partial charge in [-0.1, -0.05) is 6.92 Å². The van der Waals surface area contributed by atoms with E-state index in [0.29, 0.717) is 28.8 Å². The van der Waals surface area contributed by atoms with Gasteiger partial charge in [0.15, 0.2) is 5.65 Å². The van der Waals surface area contributed by atoms with Gasteiger partial charge in [-0.3, -0.25) is 4.79 Å². The summed E-state index contributed by atoms with van der Waals surface area (Å²) in [6, 6.07) is 7.03. The number of likely N-dealkylation sites (tertiary alicyclic amines) is 1. The van der Waals surface area contributed by atoms with Gasteiger partial charge < -0.3 is 10.2 Å². The fourth-order valence-corrected chi connectivity index (χ4v) is 4.09. The number of halogens is 2. The molecule has 0 saturated carbocycles. The number of carbonyl (C=O) groups is 1. The molecule has 0 bridgehead atoms. The molecule has 3 heterocycles. The maximum atomic E-state index is 13.8. The first-order valence-corrected chi connectivity index (χ1v) is 10.3. The Kier molecular flexibility index (Phi) is 5.61. The van der Waals surface area contributed by atoms with E-state index in [9.17, 15) is 13.6 Å². The first-order chi connectivity index (χ1) is 14.5. The number of hydrogen-bond acceptors (Lipinski definition) is 4. The van der Waals surface area contributed by atoms with Crippen LogP contribution >= 0.6 is 0 Å². The Balaban J connectivity index is 1.83. The second kappa shape index (κ2) is 8.34. The van der Waals surface area contributed by atoms with Gasteiger partial charge >= 0.3 is 0 Å². The van der Waals surface area contributed by atoms with Crippen LogP contribution in [-0.2, 0) is 0 Å². The van der Waals surface area contributed by atoms with Crippen LogP contribution in [0.1, 0.15) is 48.7 Å². The lowest BCUT2D eigenvalue weighted by atomic mass is 9.98. The van der Waals surface area contributed by atoms with Crippen LogP contribution in [0.25, 0.3) is 11.0 Å². The number of piperidine rings is 1. The van der Waals surface area contributed by atoms with Crippen molar-refractivity contribution in [2.75, 3.05) is 11.9 Å². The zero-order valence-electron chi connectivity index (χ0n) is 17.1. The maximum absolute atomic E-state index is 13.8. The van der Waals surface area contributed by atoms with E-state index in [-0.39, 0.29) is 17.6 Å². The molecule has 1 saturated heterocycles. The summed E-state index contributed by atoms with van der Waals surface area (Å²) in [7, 11) is 0. The third-order valence-corrected chi connectivity index (χ3v) is 5.59. The molecule has 5 nitrogen and oxygen atoms in total. The number of nitrogens with zero attached hydrogens (tertiary/aromatic N) is 3. The minimum absolute atomic E-state index is 0.129. The zero-order valence-corrected chi connectivity index (χ0v) is 17.1. The van der Waals surface area contributed by atoms with E-state index in [0.717, 1.165) is 37.4 Å². The molecule has 0 unspecified atom stereocenters. The predicted molar refractivity (Wildman–Crippen MR) is 113 cm³/mol. The second-order valence-corrected chi connectivity index (χ2v) is 7.71. The average Bonchev–Trinajstić information content (AvgIpc) is 2.72. The average molecular weight is 410 g/mol. The Hall–Kier alpha value is -3.09. The van der Waals surface area contributed by atoms with Crippen molar-refractivity contribution in [3.05, 3.63) is 59.4 Å². The fourth-order valence-electron chi connectivity index (χ4n) is 4.09. The molecule has 1 aromatic carbocycles. The lowest BCUT2D eigenvalue weighted by Gasteiger charge is -2.35. The van der Waals surface area contributed by atoms with E-state index in [1.807, 2.05) is 24.0 Å². The molecule has 2 aromatic heterocycles. The number of aromatic nitrogens is 2. The van der Waals surface area contributed by atoms with E-state index in [4.69, 9.17) is 0 Å². The van der Waals surface area contributed by atoms with Crippen LogP contribution in [0.4, 0.5) is 20.2 Å². The van der Waals surface area contributed by atoms with Crippen molar-refractivity contribution < 1.29 is 13.6 Å². The van der Waals surface area contributed by atoms with Crippen molar-refractivity contribution >= 4 is 28.3 Å². The molecule has 1 atom stereocenters.